The van der Waals surface area contributed by atoms with Crippen LogP contribution in [0.2, 0.25) is 0 Å². The summed E-state index contributed by atoms with van der Waals surface area (Å²) >= 11 is 3.09. The maximum atomic E-state index is 12.4. The van der Waals surface area contributed by atoms with Gasteiger partial charge in [-0.3, -0.25) is 9.78 Å². The van der Waals surface area contributed by atoms with Crippen LogP contribution in [0.5, 0.6) is 5.75 Å². The number of benzene rings is 1. The fourth-order valence-electron chi connectivity index (χ4n) is 1.53. The normalized spacial score (nSPS) is 10.5. The van der Waals surface area contributed by atoms with Crippen molar-refractivity contribution in [3.63, 3.8) is 0 Å². The molecule has 6 heteroatoms. The molecule has 0 spiro atoms. The summed E-state index contributed by atoms with van der Waals surface area (Å²) in [5.74, 6) is -0.661. The molecule has 0 atom stereocenters. The van der Waals surface area contributed by atoms with Crippen LogP contribution in [-0.2, 0) is 0 Å². The van der Waals surface area contributed by atoms with Crippen LogP contribution in [0.15, 0.2) is 47.1 Å². The molecule has 0 amide bonds. The maximum Gasteiger partial charge on any atom is 0.387 e. The molecule has 0 aliphatic carbocycles. The molecule has 0 aliphatic heterocycles. The van der Waals surface area contributed by atoms with Crippen LogP contribution >= 0.6 is 15.9 Å². The molecule has 2 aromatic rings. The lowest BCUT2D eigenvalue weighted by atomic mass is 10.1. The van der Waals surface area contributed by atoms with Crippen LogP contribution in [0.25, 0.3) is 0 Å². The molecule has 19 heavy (non-hydrogen) atoms. The number of para-hydroxylation sites is 1. The van der Waals surface area contributed by atoms with E-state index in [9.17, 15) is 13.6 Å². The molecule has 0 saturated carbocycles. The van der Waals surface area contributed by atoms with E-state index in [0.717, 1.165) is 0 Å². The number of carbonyl (C=O) groups excluding carboxylic acids is 1. The second-order valence-electron chi connectivity index (χ2n) is 3.54. The van der Waals surface area contributed by atoms with Gasteiger partial charge in [0.2, 0.25) is 5.78 Å². The molecule has 0 N–H and O–H groups in total. The van der Waals surface area contributed by atoms with Gasteiger partial charge in [-0.05, 0) is 40.2 Å². The average Bonchev–Trinajstić information content (AvgIpc) is 2.41. The maximum absolute atomic E-state index is 12.4. The zero-order chi connectivity index (χ0) is 13.8. The highest BCUT2D eigenvalue weighted by molar-refractivity contribution is 9.10. The van der Waals surface area contributed by atoms with Crippen molar-refractivity contribution in [2.45, 2.75) is 6.61 Å². The Hall–Kier alpha value is -1.82. The van der Waals surface area contributed by atoms with Gasteiger partial charge in [0.05, 0.1) is 10.0 Å². The Bertz CT molecular complexity index is 590. The van der Waals surface area contributed by atoms with Crippen molar-refractivity contribution in [1.29, 1.82) is 0 Å². The predicted molar refractivity (Wildman–Crippen MR) is 68.4 cm³/mol. The van der Waals surface area contributed by atoms with E-state index in [1.165, 1.54) is 24.4 Å². The molecule has 0 aliphatic rings. The number of pyridine rings is 1. The molecular weight excluding hydrogens is 320 g/mol. The topological polar surface area (TPSA) is 39.2 Å². The quantitative estimate of drug-likeness (QED) is 0.804. The summed E-state index contributed by atoms with van der Waals surface area (Å²) in [6, 6.07) is 9.32. The molecule has 0 radical (unpaired) electrons. The van der Waals surface area contributed by atoms with Crippen LogP contribution in [-0.4, -0.2) is 17.4 Å². The average molecular weight is 328 g/mol. The standard InChI is InChI=1S/C13H8BrF2NO2/c14-9-5-3-4-8(12(9)19-13(15)16)11(18)10-6-1-2-7-17-10/h1-7,13H. The van der Waals surface area contributed by atoms with E-state index in [1.54, 1.807) is 18.2 Å². The van der Waals surface area contributed by atoms with Crippen LogP contribution < -0.4 is 4.74 Å². The van der Waals surface area contributed by atoms with E-state index in [1.807, 2.05) is 0 Å². The van der Waals surface area contributed by atoms with Crippen molar-refractivity contribution in [3.05, 3.63) is 58.3 Å². The monoisotopic (exact) mass is 327 g/mol. The first kappa shape index (κ1) is 13.6. The predicted octanol–water partition coefficient (Wildman–Crippen LogP) is 3.68. The first-order valence-corrected chi connectivity index (χ1v) is 6.08. The summed E-state index contributed by atoms with van der Waals surface area (Å²) in [5.41, 5.74) is 0.202. The number of carbonyl (C=O) groups is 1. The van der Waals surface area contributed by atoms with Crippen molar-refractivity contribution >= 4 is 21.7 Å². The van der Waals surface area contributed by atoms with Crippen molar-refractivity contribution in [3.8, 4) is 5.75 Å². The molecule has 3 nitrogen and oxygen atoms in total. The largest absolute Gasteiger partial charge is 0.433 e. The molecule has 1 heterocycles. The van der Waals surface area contributed by atoms with Gasteiger partial charge in [0, 0.05) is 6.20 Å². The second kappa shape index (κ2) is 5.88. The second-order valence-corrected chi connectivity index (χ2v) is 4.39. The van der Waals surface area contributed by atoms with Crippen molar-refractivity contribution in [2.24, 2.45) is 0 Å². The third-order valence-electron chi connectivity index (χ3n) is 2.32. The summed E-state index contributed by atoms with van der Waals surface area (Å²) in [5, 5.41) is 0. The summed E-state index contributed by atoms with van der Waals surface area (Å²) in [7, 11) is 0. The Morgan fingerprint density at radius 1 is 1.21 bits per heavy atom. The number of aromatic nitrogens is 1. The molecule has 0 bridgehead atoms. The molecular formula is C13H8BrF2NO2. The summed E-state index contributed by atoms with van der Waals surface area (Å²) in [6.45, 7) is -3.01. The zero-order valence-electron chi connectivity index (χ0n) is 9.52. The van der Waals surface area contributed by atoms with Gasteiger partial charge < -0.3 is 4.74 Å². The van der Waals surface area contributed by atoms with Crippen LogP contribution in [0.1, 0.15) is 16.1 Å². The highest BCUT2D eigenvalue weighted by Crippen LogP contribution is 2.31. The lowest BCUT2D eigenvalue weighted by Gasteiger charge is -2.11. The Kier molecular flexibility index (Phi) is 4.21. The summed E-state index contributed by atoms with van der Waals surface area (Å²) in [6.07, 6.45) is 1.46. The number of alkyl halides is 2. The number of rotatable bonds is 4. The van der Waals surface area contributed by atoms with Crippen LogP contribution in [0.4, 0.5) is 8.78 Å². The third-order valence-corrected chi connectivity index (χ3v) is 2.94. The first-order valence-electron chi connectivity index (χ1n) is 5.28. The van der Waals surface area contributed by atoms with Gasteiger partial charge in [-0.2, -0.15) is 8.78 Å². The molecule has 0 fully saturated rings. The Morgan fingerprint density at radius 2 is 2.00 bits per heavy atom. The van der Waals surface area contributed by atoms with Crippen molar-refractivity contribution < 1.29 is 18.3 Å². The molecule has 0 unspecified atom stereocenters. The first-order chi connectivity index (χ1) is 9.09. The van der Waals surface area contributed by atoms with Gasteiger partial charge in [0.25, 0.3) is 0 Å². The fraction of sp³-hybridized carbons (Fsp3) is 0.0769. The van der Waals surface area contributed by atoms with Gasteiger partial charge in [0.1, 0.15) is 5.69 Å². The highest BCUT2D eigenvalue weighted by atomic mass is 79.9. The SMILES string of the molecule is O=C(c1ccccn1)c1cccc(Br)c1OC(F)F. The van der Waals surface area contributed by atoms with Gasteiger partial charge >= 0.3 is 6.61 Å². The minimum atomic E-state index is -3.01. The number of nitrogens with zero attached hydrogens (tertiary/aromatic N) is 1. The minimum Gasteiger partial charge on any atom is -0.433 e. The fourth-order valence-corrected chi connectivity index (χ4v) is 1.99. The molecule has 98 valence electrons. The smallest absolute Gasteiger partial charge is 0.387 e. The highest BCUT2D eigenvalue weighted by Gasteiger charge is 2.20. The zero-order valence-corrected chi connectivity index (χ0v) is 11.1. The number of hydrogen-bond acceptors (Lipinski definition) is 3. The van der Waals surface area contributed by atoms with E-state index in [0.29, 0.717) is 0 Å². The number of hydrogen-bond donors (Lipinski definition) is 0. The van der Waals surface area contributed by atoms with E-state index in [-0.39, 0.29) is 21.5 Å². The minimum absolute atomic E-state index is 0.0355. The van der Waals surface area contributed by atoms with E-state index >= 15 is 0 Å². The Morgan fingerprint density at radius 3 is 2.63 bits per heavy atom. The third kappa shape index (κ3) is 3.14. The Labute approximate surface area is 116 Å². The van der Waals surface area contributed by atoms with Gasteiger partial charge in [-0.1, -0.05) is 12.1 Å². The lowest BCUT2D eigenvalue weighted by molar-refractivity contribution is -0.0506. The van der Waals surface area contributed by atoms with E-state index in [4.69, 9.17) is 0 Å². The number of halogens is 3. The number of ketones is 1. The van der Waals surface area contributed by atoms with Gasteiger partial charge in [-0.15, -0.1) is 0 Å². The van der Waals surface area contributed by atoms with Gasteiger partial charge in [-0.25, -0.2) is 0 Å². The van der Waals surface area contributed by atoms with Gasteiger partial charge in [0.15, 0.2) is 5.75 Å². The molecule has 2 rings (SSSR count). The number of ether oxygens (including phenoxy) is 1. The van der Waals surface area contributed by atoms with E-state index in [2.05, 4.69) is 25.7 Å². The molecule has 0 saturated heterocycles. The van der Waals surface area contributed by atoms with Crippen LogP contribution in [0.3, 0.4) is 0 Å². The summed E-state index contributed by atoms with van der Waals surface area (Å²) < 4.78 is 29.4. The summed E-state index contributed by atoms with van der Waals surface area (Å²) in [4.78, 5) is 16.1. The van der Waals surface area contributed by atoms with Crippen LogP contribution in [0, 0.1) is 0 Å². The van der Waals surface area contributed by atoms with Crippen molar-refractivity contribution in [1.82, 2.24) is 4.98 Å². The van der Waals surface area contributed by atoms with E-state index < -0.39 is 12.4 Å². The molecule has 1 aromatic carbocycles. The van der Waals surface area contributed by atoms with Crippen molar-refractivity contribution in [2.75, 3.05) is 0 Å². The Balaban J connectivity index is 2.45. The molecule has 1 aromatic heterocycles. The lowest BCUT2D eigenvalue weighted by Crippen LogP contribution is -2.10.